The molecule has 0 atom stereocenters. The number of hydrogen-bond donors (Lipinski definition) is 1. The van der Waals surface area contributed by atoms with Crippen molar-refractivity contribution in [2.24, 2.45) is 0 Å². The molecule has 2 rings (SSSR count). The van der Waals surface area contributed by atoms with Gasteiger partial charge >= 0.3 is 0 Å². The van der Waals surface area contributed by atoms with Gasteiger partial charge in [-0.2, -0.15) is 4.98 Å². The fourth-order valence-electron chi connectivity index (χ4n) is 1.41. The molecular weight excluding hydrogens is 220 g/mol. The van der Waals surface area contributed by atoms with E-state index in [1.807, 2.05) is 24.1 Å². The van der Waals surface area contributed by atoms with Gasteiger partial charge in [0.1, 0.15) is 0 Å². The summed E-state index contributed by atoms with van der Waals surface area (Å²) < 4.78 is 5.12. The Morgan fingerprint density at radius 1 is 1.47 bits per heavy atom. The molecule has 2 aromatic rings. The van der Waals surface area contributed by atoms with Crippen LogP contribution in [0.1, 0.15) is 5.89 Å². The molecule has 0 aliphatic heterocycles. The Bertz CT molecular complexity index is 458. The lowest BCUT2D eigenvalue weighted by atomic mass is 10.3. The van der Waals surface area contributed by atoms with E-state index < -0.39 is 0 Å². The van der Waals surface area contributed by atoms with Crippen molar-refractivity contribution in [3.05, 3.63) is 30.4 Å². The van der Waals surface area contributed by atoms with Crippen LogP contribution >= 0.6 is 0 Å². The van der Waals surface area contributed by atoms with Crippen molar-refractivity contribution in [1.29, 1.82) is 0 Å². The van der Waals surface area contributed by atoms with E-state index in [1.54, 1.807) is 12.4 Å². The summed E-state index contributed by atoms with van der Waals surface area (Å²) in [5.74, 6) is 1.06. The monoisotopic (exact) mass is 234 g/mol. The summed E-state index contributed by atoms with van der Waals surface area (Å²) >= 11 is 0. The molecule has 0 saturated heterocycles. The van der Waals surface area contributed by atoms with E-state index in [2.05, 4.69) is 15.1 Å². The first-order valence-corrected chi connectivity index (χ1v) is 5.32. The Morgan fingerprint density at radius 3 is 3.06 bits per heavy atom. The van der Waals surface area contributed by atoms with E-state index in [1.165, 1.54) is 0 Å². The first-order valence-electron chi connectivity index (χ1n) is 5.32. The molecule has 0 aliphatic rings. The molecular formula is C11H14N4O2. The zero-order valence-corrected chi connectivity index (χ0v) is 9.58. The van der Waals surface area contributed by atoms with Crippen LogP contribution in [0.2, 0.25) is 0 Å². The van der Waals surface area contributed by atoms with Gasteiger partial charge in [-0.3, -0.25) is 9.88 Å². The zero-order valence-electron chi connectivity index (χ0n) is 9.58. The summed E-state index contributed by atoms with van der Waals surface area (Å²) in [4.78, 5) is 10.2. The van der Waals surface area contributed by atoms with Crippen molar-refractivity contribution < 1.29 is 9.63 Å². The highest BCUT2D eigenvalue weighted by atomic mass is 16.5. The van der Waals surface area contributed by atoms with Crippen LogP contribution in [0.4, 0.5) is 0 Å². The molecule has 0 saturated carbocycles. The van der Waals surface area contributed by atoms with E-state index in [-0.39, 0.29) is 6.61 Å². The van der Waals surface area contributed by atoms with Gasteiger partial charge < -0.3 is 9.63 Å². The maximum atomic E-state index is 8.78. The molecule has 6 nitrogen and oxygen atoms in total. The number of likely N-dealkylation sites (N-methyl/N-ethyl adjacent to an activating group) is 1. The topological polar surface area (TPSA) is 75.3 Å². The molecule has 2 aromatic heterocycles. The SMILES string of the molecule is CN(CCO)Cc1nc(-c2cccnc2)no1. The van der Waals surface area contributed by atoms with E-state index in [0.29, 0.717) is 24.8 Å². The third-order valence-corrected chi connectivity index (χ3v) is 2.27. The van der Waals surface area contributed by atoms with Gasteiger partial charge in [-0.25, -0.2) is 0 Å². The molecule has 1 N–H and O–H groups in total. The van der Waals surface area contributed by atoms with Crippen LogP contribution in [0.25, 0.3) is 11.4 Å². The van der Waals surface area contributed by atoms with Crippen LogP contribution in [0.15, 0.2) is 29.0 Å². The highest BCUT2D eigenvalue weighted by Gasteiger charge is 2.10. The number of hydrogen-bond acceptors (Lipinski definition) is 6. The van der Waals surface area contributed by atoms with E-state index in [0.717, 1.165) is 5.56 Å². The minimum absolute atomic E-state index is 0.111. The molecule has 0 unspecified atom stereocenters. The number of pyridine rings is 1. The van der Waals surface area contributed by atoms with Crippen molar-refractivity contribution in [1.82, 2.24) is 20.0 Å². The van der Waals surface area contributed by atoms with Gasteiger partial charge in [0.05, 0.1) is 13.2 Å². The Labute approximate surface area is 98.9 Å². The lowest BCUT2D eigenvalue weighted by Crippen LogP contribution is -2.21. The second kappa shape index (κ2) is 5.51. The van der Waals surface area contributed by atoms with Gasteiger partial charge in [0.2, 0.25) is 11.7 Å². The Hall–Kier alpha value is -1.79. The van der Waals surface area contributed by atoms with Crippen molar-refractivity contribution in [3.63, 3.8) is 0 Å². The van der Waals surface area contributed by atoms with Gasteiger partial charge in [0.15, 0.2) is 0 Å². The average Bonchev–Trinajstić information content (AvgIpc) is 2.79. The van der Waals surface area contributed by atoms with Gasteiger partial charge in [-0.1, -0.05) is 5.16 Å². The van der Waals surface area contributed by atoms with E-state index in [9.17, 15) is 0 Å². The Kier molecular flexibility index (Phi) is 3.79. The van der Waals surface area contributed by atoms with Crippen molar-refractivity contribution in [3.8, 4) is 11.4 Å². The van der Waals surface area contributed by atoms with Gasteiger partial charge in [0, 0.05) is 24.5 Å². The molecule has 0 bridgehead atoms. The molecule has 17 heavy (non-hydrogen) atoms. The molecule has 0 aliphatic carbocycles. The third-order valence-electron chi connectivity index (χ3n) is 2.27. The summed E-state index contributed by atoms with van der Waals surface area (Å²) in [6.45, 7) is 1.21. The van der Waals surface area contributed by atoms with Gasteiger partial charge in [-0.15, -0.1) is 0 Å². The largest absolute Gasteiger partial charge is 0.395 e. The number of aliphatic hydroxyl groups is 1. The summed E-state index contributed by atoms with van der Waals surface area (Å²) in [5, 5.41) is 12.7. The van der Waals surface area contributed by atoms with Crippen LogP contribution < -0.4 is 0 Å². The van der Waals surface area contributed by atoms with Crippen molar-refractivity contribution in [2.75, 3.05) is 20.2 Å². The van der Waals surface area contributed by atoms with E-state index >= 15 is 0 Å². The molecule has 6 heteroatoms. The maximum Gasteiger partial charge on any atom is 0.241 e. The first-order chi connectivity index (χ1) is 8.29. The smallest absolute Gasteiger partial charge is 0.241 e. The highest BCUT2D eigenvalue weighted by molar-refractivity contribution is 5.51. The zero-order chi connectivity index (χ0) is 12.1. The standard InChI is InChI=1S/C11H14N4O2/c1-15(5-6-16)8-10-13-11(14-17-10)9-3-2-4-12-7-9/h2-4,7,16H,5-6,8H2,1H3. The summed E-state index contributed by atoms with van der Waals surface area (Å²) in [6.07, 6.45) is 3.38. The predicted molar refractivity (Wildman–Crippen MR) is 60.9 cm³/mol. The lowest BCUT2D eigenvalue weighted by molar-refractivity contribution is 0.200. The Balaban J connectivity index is 2.06. The molecule has 90 valence electrons. The van der Waals surface area contributed by atoms with Crippen LogP contribution in [0.5, 0.6) is 0 Å². The number of aliphatic hydroxyl groups excluding tert-OH is 1. The molecule has 0 radical (unpaired) electrons. The van der Waals surface area contributed by atoms with Gasteiger partial charge in [0.25, 0.3) is 0 Å². The van der Waals surface area contributed by atoms with Crippen molar-refractivity contribution in [2.45, 2.75) is 6.54 Å². The fraction of sp³-hybridized carbons (Fsp3) is 0.364. The quantitative estimate of drug-likeness (QED) is 0.814. The first kappa shape index (κ1) is 11.7. The minimum atomic E-state index is 0.111. The lowest BCUT2D eigenvalue weighted by Gasteiger charge is -2.10. The molecule has 0 amide bonds. The second-order valence-electron chi connectivity index (χ2n) is 3.71. The molecule has 0 fully saturated rings. The molecule has 0 spiro atoms. The van der Waals surface area contributed by atoms with Crippen LogP contribution in [-0.2, 0) is 6.54 Å². The third kappa shape index (κ3) is 3.08. The summed E-state index contributed by atoms with van der Waals surface area (Å²) in [7, 11) is 1.88. The second-order valence-corrected chi connectivity index (χ2v) is 3.71. The van der Waals surface area contributed by atoms with Crippen LogP contribution in [0, 0.1) is 0 Å². The normalized spacial score (nSPS) is 11.0. The highest BCUT2D eigenvalue weighted by Crippen LogP contribution is 2.14. The number of aromatic nitrogens is 3. The van der Waals surface area contributed by atoms with E-state index in [4.69, 9.17) is 9.63 Å². The summed E-state index contributed by atoms with van der Waals surface area (Å²) in [5.41, 5.74) is 0.826. The number of rotatable bonds is 5. The maximum absolute atomic E-state index is 8.78. The van der Waals surface area contributed by atoms with Crippen LogP contribution in [0.3, 0.4) is 0 Å². The predicted octanol–water partition coefficient (Wildman–Crippen LogP) is 0.556. The van der Waals surface area contributed by atoms with Gasteiger partial charge in [-0.05, 0) is 19.2 Å². The van der Waals surface area contributed by atoms with Crippen molar-refractivity contribution >= 4 is 0 Å². The number of nitrogens with zero attached hydrogens (tertiary/aromatic N) is 4. The Morgan fingerprint density at radius 2 is 2.35 bits per heavy atom. The minimum Gasteiger partial charge on any atom is -0.395 e. The fourth-order valence-corrected chi connectivity index (χ4v) is 1.41. The molecule has 2 heterocycles. The molecule has 0 aromatic carbocycles. The average molecular weight is 234 g/mol. The van der Waals surface area contributed by atoms with Crippen LogP contribution in [-0.4, -0.2) is 45.3 Å². The summed E-state index contributed by atoms with van der Waals surface area (Å²) in [6, 6.07) is 3.70.